The number of rotatable bonds is 5. The van der Waals surface area contributed by atoms with Gasteiger partial charge in [-0.25, -0.2) is 18.1 Å². The first kappa shape index (κ1) is 18.1. The molecular weight excluding hydrogens is 354 g/mol. The van der Waals surface area contributed by atoms with Gasteiger partial charge in [-0.1, -0.05) is 6.07 Å². The number of hydrogen-bond donors (Lipinski definition) is 2. The molecule has 1 fully saturated rings. The number of H-pyrrole nitrogens is 1. The Kier molecular flexibility index (Phi) is 5.35. The fourth-order valence-electron chi connectivity index (χ4n) is 2.89. The van der Waals surface area contributed by atoms with E-state index in [2.05, 4.69) is 20.8 Å². The average Bonchev–Trinajstić information content (AvgIpc) is 3.20. The van der Waals surface area contributed by atoms with E-state index in [1.54, 1.807) is 23.2 Å². The van der Waals surface area contributed by atoms with E-state index >= 15 is 0 Å². The summed E-state index contributed by atoms with van der Waals surface area (Å²) in [5.41, 5.74) is 0.296. The van der Waals surface area contributed by atoms with Crippen LogP contribution in [0.15, 0.2) is 41.6 Å². The maximum Gasteiger partial charge on any atom is 0.253 e. The normalized spacial score (nSPS) is 17.7. The van der Waals surface area contributed by atoms with Crippen molar-refractivity contribution < 1.29 is 13.2 Å². The molecular formula is C17H19N5O3S. The van der Waals surface area contributed by atoms with Gasteiger partial charge < -0.3 is 9.88 Å². The van der Waals surface area contributed by atoms with Gasteiger partial charge in [0.2, 0.25) is 10.0 Å². The molecule has 26 heavy (non-hydrogen) atoms. The minimum Gasteiger partial charge on any atom is -0.347 e. The van der Waals surface area contributed by atoms with Crippen molar-refractivity contribution in [3.63, 3.8) is 0 Å². The number of hydrogen-bond acceptors (Lipinski definition) is 5. The molecule has 1 aromatic carbocycles. The summed E-state index contributed by atoms with van der Waals surface area (Å²) < 4.78 is 27.4. The maximum atomic E-state index is 12.7. The molecule has 1 aromatic heterocycles. The van der Waals surface area contributed by atoms with Gasteiger partial charge in [0.05, 0.1) is 23.4 Å². The second-order valence-electron chi connectivity index (χ2n) is 6.11. The highest BCUT2D eigenvalue weighted by Crippen LogP contribution is 2.19. The van der Waals surface area contributed by atoms with Crippen molar-refractivity contribution in [3.8, 4) is 6.07 Å². The SMILES string of the molecule is N#CC1CCCN(C(=O)c2cccc(S(=O)(=O)NCc3ncc[nH]3)c2)C1. The zero-order valence-corrected chi connectivity index (χ0v) is 14.9. The molecule has 1 saturated heterocycles. The minimum absolute atomic E-state index is 0.0174. The number of aromatic amines is 1. The van der Waals surface area contributed by atoms with Crippen molar-refractivity contribution in [2.45, 2.75) is 24.3 Å². The molecule has 0 bridgehead atoms. The summed E-state index contributed by atoms with van der Waals surface area (Å²) in [6, 6.07) is 8.13. The van der Waals surface area contributed by atoms with E-state index in [1.165, 1.54) is 18.3 Å². The molecule has 2 aromatic rings. The van der Waals surface area contributed by atoms with E-state index in [-0.39, 0.29) is 23.3 Å². The molecule has 0 saturated carbocycles. The molecule has 9 heteroatoms. The fourth-order valence-corrected chi connectivity index (χ4v) is 3.92. The third-order valence-electron chi connectivity index (χ3n) is 4.27. The topological polar surface area (TPSA) is 119 Å². The Hall–Kier alpha value is -2.70. The highest BCUT2D eigenvalue weighted by atomic mass is 32.2. The molecule has 1 atom stereocenters. The number of likely N-dealkylation sites (tertiary alicyclic amines) is 1. The second-order valence-corrected chi connectivity index (χ2v) is 7.87. The number of imidazole rings is 1. The molecule has 3 rings (SSSR count). The van der Waals surface area contributed by atoms with Crippen molar-refractivity contribution in [2.24, 2.45) is 5.92 Å². The average molecular weight is 373 g/mol. The summed E-state index contributed by atoms with van der Waals surface area (Å²) in [7, 11) is -3.77. The predicted molar refractivity (Wildman–Crippen MR) is 93.3 cm³/mol. The van der Waals surface area contributed by atoms with Crippen molar-refractivity contribution in [3.05, 3.63) is 48.0 Å². The number of carbonyl (C=O) groups excluding carboxylic acids is 1. The number of nitrogens with zero attached hydrogens (tertiary/aromatic N) is 3. The van der Waals surface area contributed by atoms with Crippen LogP contribution in [0.25, 0.3) is 0 Å². The first-order valence-electron chi connectivity index (χ1n) is 8.26. The van der Waals surface area contributed by atoms with E-state index in [9.17, 15) is 13.2 Å². The molecule has 0 radical (unpaired) electrons. The van der Waals surface area contributed by atoms with Gasteiger partial charge in [-0.15, -0.1) is 0 Å². The van der Waals surface area contributed by atoms with Gasteiger partial charge in [0.15, 0.2) is 0 Å². The number of amides is 1. The van der Waals surface area contributed by atoms with Crippen molar-refractivity contribution >= 4 is 15.9 Å². The number of benzene rings is 1. The Morgan fingerprint density at radius 3 is 3.04 bits per heavy atom. The van der Waals surface area contributed by atoms with Crippen LogP contribution in [0.3, 0.4) is 0 Å². The number of carbonyl (C=O) groups is 1. The Balaban J connectivity index is 1.75. The molecule has 1 unspecified atom stereocenters. The number of aromatic nitrogens is 2. The van der Waals surface area contributed by atoms with Crippen LogP contribution in [-0.2, 0) is 16.6 Å². The summed E-state index contributed by atoms with van der Waals surface area (Å²) in [5, 5.41) is 9.07. The second kappa shape index (κ2) is 7.68. The third kappa shape index (κ3) is 4.09. The summed E-state index contributed by atoms with van der Waals surface area (Å²) in [4.78, 5) is 21.1. The van der Waals surface area contributed by atoms with Gasteiger partial charge in [-0.2, -0.15) is 5.26 Å². The van der Waals surface area contributed by atoms with E-state index < -0.39 is 10.0 Å². The largest absolute Gasteiger partial charge is 0.347 e. The third-order valence-corrected chi connectivity index (χ3v) is 5.67. The van der Waals surface area contributed by atoms with Crippen LogP contribution >= 0.6 is 0 Å². The van der Waals surface area contributed by atoms with Crippen LogP contribution < -0.4 is 4.72 Å². The lowest BCUT2D eigenvalue weighted by Gasteiger charge is -2.29. The number of nitrogens with one attached hydrogen (secondary N) is 2. The maximum absolute atomic E-state index is 12.7. The van der Waals surface area contributed by atoms with Crippen LogP contribution in [0.5, 0.6) is 0 Å². The summed E-state index contributed by atoms with van der Waals surface area (Å²) in [5.74, 6) is 0.0688. The summed E-state index contributed by atoms with van der Waals surface area (Å²) in [6.45, 7) is 0.983. The van der Waals surface area contributed by atoms with Crippen LogP contribution in [-0.4, -0.2) is 42.3 Å². The van der Waals surface area contributed by atoms with Gasteiger partial charge in [-0.05, 0) is 31.0 Å². The first-order valence-corrected chi connectivity index (χ1v) is 9.75. The zero-order chi connectivity index (χ0) is 18.6. The van der Waals surface area contributed by atoms with E-state index in [0.717, 1.165) is 12.8 Å². The van der Waals surface area contributed by atoms with E-state index in [4.69, 9.17) is 5.26 Å². The molecule has 8 nitrogen and oxygen atoms in total. The Labute approximate surface area is 151 Å². The van der Waals surface area contributed by atoms with Gasteiger partial charge in [-0.3, -0.25) is 4.79 Å². The first-order chi connectivity index (χ1) is 12.5. The standard InChI is InChI=1S/C17H19N5O3S/c18-10-13-3-2-8-22(12-13)17(23)14-4-1-5-15(9-14)26(24,25)21-11-16-19-6-7-20-16/h1,4-7,9,13,21H,2-3,8,11-12H2,(H,19,20). The van der Waals surface area contributed by atoms with Gasteiger partial charge in [0.25, 0.3) is 5.91 Å². The molecule has 1 aliphatic rings. The molecule has 1 aliphatic heterocycles. The Morgan fingerprint density at radius 1 is 1.46 bits per heavy atom. The fraction of sp³-hybridized carbons (Fsp3) is 0.353. The monoisotopic (exact) mass is 373 g/mol. The zero-order valence-electron chi connectivity index (χ0n) is 14.1. The Bertz CT molecular complexity index is 918. The van der Waals surface area contributed by atoms with Gasteiger partial charge in [0, 0.05) is 31.0 Å². The molecule has 0 spiro atoms. The van der Waals surface area contributed by atoms with Crippen molar-refractivity contribution in [2.75, 3.05) is 13.1 Å². The number of nitriles is 1. The van der Waals surface area contributed by atoms with Crippen LogP contribution in [0.4, 0.5) is 0 Å². The quantitative estimate of drug-likeness (QED) is 0.818. The summed E-state index contributed by atoms with van der Waals surface area (Å²) in [6.07, 6.45) is 4.70. The van der Waals surface area contributed by atoms with E-state index in [1.807, 2.05) is 0 Å². The van der Waals surface area contributed by atoms with Crippen LogP contribution in [0, 0.1) is 17.2 Å². The molecule has 1 amide bonds. The van der Waals surface area contributed by atoms with Gasteiger partial charge >= 0.3 is 0 Å². The highest BCUT2D eigenvalue weighted by molar-refractivity contribution is 7.89. The summed E-state index contributed by atoms with van der Waals surface area (Å²) >= 11 is 0. The number of piperidine rings is 1. The van der Waals surface area contributed by atoms with Crippen LogP contribution in [0.2, 0.25) is 0 Å². The Morgan fingerprint density at radius 2 is 2.31 bits per heavy atom. The molecule has 2 N–H and O–H groups in total. The molecule has 136 valence electrons. The number of sulfonamides is 1. The van der Waals surface area contributed by atoms with Gasteiger partial charge in [0.1, 0.15) is 5.82 Å². The lowest BCUT2D eigenvalue weighted by Crippen LogP contribution is -2.39. The minimum atomic E-state index is -3.77. The van der Waals surface area contributed by atoms with Crippen LogP contribution in [0.1, 0.15) is 29.0 Å². The molecule has 0 aliphatic carbocycles. The lowest BCUT2D eigenvalue weighted by molar-refractivity contribution is 0.0698. The lowest BCUT2D eigenvalue weighted by atomic mass is 9.99. The van der Waals surface area contributed by atoms with Crippen molar-refractivity contribution in [1.29, 1.82) is 5.26 Å². The van der Waals surface area contributed by atoms with E-state index in [0.29, 0.717) is 24.5 Å². The predicted octanol–water partition coefficient (Wildman–Crippen LogP) is 1.26. The highest BCUT2D eigenvalue weighted by Gasteiger charge is 2.25. The smallest absolute Gasteiger partial charge is 0.253 e. The molecule has 2 heterocycles. The van der Waals surface area contributed by atoms with Crippen molar-refractivity contribution in [1.82, 2.24) is 19.6 Å².